The van der Waals surface area contributed by atoms with E-state index < -0.39 is 21.5 Å². The summed E-state index contributed by atoms with van der Waals surface area (Å²) in [6, 6.07) is 4.11. The molecule has 11 nitrogen and oxygen atoms in total. The number of aromatic nitrogens is 6. The standard InChI is InChI=1S/C16H17ClN6O5S/c1-4-22-13(7-8-18-22)28-15(24)10-5-6-12(17)11(14(10)29(3,26)27)9-23-16(25)21(2)19-20-23/h5-8H,4,9H2,1-3H3. The molecule has 3 rings (SSSR count). The minimum Gasteiger partial charge on any atom is -0.404 e. The third-order valence-corrected chi connectivity index (χ3v) is 5.62. The first-order valence-corrected chi connectivity index (χ1v) is 10.6. The van der Waals surface area contributed by atoms with Gasteiger partial charge in [0.1, 0.15) is 0 Å². The first kappa shape index (κ1) is 20.7. The van der Waals surface area contributed by atoms with Gasteiger partial charge in [0.05, 0.1) is 23.2 Å². The highest BCUT2D eigenvalue weighted by atomic mass is 35.5. The Morgan fingerprint density at radius 3 is 2.52 bits per heavy atom. The number of hydrogen-bond acceptors (Lipinski definition) is 8. The lowest BCUT2D eigenvalue weighted by Gasteiger charge is -2.14. The van der Waals surface area contributed by atoms with Gasteiger partial charge in [-0.25, -0.2) is 22.7 Å². The number of sulfone groups is 1. The molecule has 0 aliphatic carbocycles. The highest BCUT2D eigenvalue weighted by molar-refractivity contribution is 7.90. The molecule has 0 unspecified atom stereocenters. The number of tetrazole rings is 1. The van der Waals surface area contributed by atoms with E-state index in [0.717, 1.165) is 15.6 Å². The number of ether oxygens (including phenoxy) is 1. The number of benzene rings is 1. The number of carbonyl (C=O) groups is 1. The van der Waals surface area contributed by atoms with E-state index in [1.54, 1.807) is 0 Å². The summed E-state index contributed by atoms with van der Waals surface area (Å²) in [7, 11) is -2.53. The van der Waals surface area contributed by atoms with Gasteiger partial charge < -0.3 is 4.74 Å². The van der Waals surface area contributed by atoms with Crippen LogP contribution in [-0.4, -0.2) is 50.2 Å². The van der Waals surface area contributed by atoms with Gasteiger partial charge in [-0.2, -0.15) is 14.5 Å². The summed E-state index contributed by atoms with van der Waals surface area (Å²) in [5, 5.41) is 11.3. The minimum atomic E-state index is -3.93. The van der Waals surface area contributed by atoms with Crippen LogP contribution in [0.4, 0.5) is 0 Å². The molecule has 2 heterocycles. The van der Waals surface area contributed by atoms with Crippen LogP contribution in [0, 0.1) is 0 Å². The molecule has 13 heteroatoms. The van der Waals surface area contributed by atoms with E-state index in [-0.39, 0.29) is 33.5 Å². The van der Waals surface area contributed by atoms with Gasteiger partial charge in [-0.1, -0.05) is 11.6 Å². The summed E-state index contributed by atoms with van der Waals surface area (Å²) in [6.07, 6.45) is 2.39. The Morgan fingerprint density at radius 1 is 1.21 bits per heavy atom. The maximum absolute atomic E-state index is 12.8. The molecular formula is C16H17ClN6O5S. The van der Waals surface area contributed by atoms with Gasteiger partial charge in [-0.3, -0.25) is 0 Å². The molecule has 3 aromatic rings. The largest absolute Gasteiger partial charge is 0.404 e. The molecule has 0 saturated carbocycles. The SMILES string of the molecule is CCn1nccc1OC(=O)c1ccc(Cl)c(Cn2nnn(C)c2=O)c1S(C)(=O)=O. The Balaban J connectivity index is 2.12. The number of halogens is 1. The van der Waals surface area contributed by atoms with Gasteiger partial charge in [-0.05, 0) is 29.5 Å². The van der Waals surface area contributed by atoms with Crippen molar-refractivity contribution in [3.05, 3.63) is 51.0 Å². The maximum atomic E-state index is 12.8. The fourth-order valence-corrected chi connectivity index (χ4v) is 4.18. The van der Waals surface area contributed by atoms with E-state index in [4.69, 9.17) is 16.3 Å². The molecule has 0 bridgehead atoms. The molecule has 0 N–H and O–H groups in total. The van der Waals surface area contributed by atoms with Crippen LogP contribution < -0.4 is 10.4 Å². The smallest absolute Gasteiger partial charge is 0.363 e. The molecule has 0 aliphatic rings. The van der Waals surface area contributed by atoms with E-state index in [2.05, 4.69) is 15.5 Å². The molecule has 0 aliphatic heterocycles. The van der Waals surface area contributed by atoms with E-state index in [9.17, 15) is 18.0 Å². The summed E-state index contributed by atoms with van der Waals surface area (Å²) >= 11 is 6.21. The minimum absolute atomic E-state index is 0.0372. The third kappa shape index (κ3) is 4.07. The second-order valence-corrected chi connectivity index (χ2v) is 8.45. The predicted octanol–water partition coefficient (Wildman–Crippen LogP) is 0.518. The number of esters is 1. The van der Waals surface area contributed by atoms with Gasteiger partial charge in [0, 0.05) is 36.5 Å². The lowest BCUT2D eigenvalue weighted by Crippen LogP contribution is -2.25. The van der Waals surface area contributed by atoms with Gasteiger partial charge in [0.2, 0.25) is 5.88 Å². The monoisotopic (exact) mass is 440 g/mol. The molecule has 1 aromatic carbocycles. The molecule has 2 aromatic heterocycles. The quantitative estimate of drug-likeness (QED) is 0.507. The lowest BCUT2D eigenvalue weighted by molar-refractivity contribution is 0.0714. The second kappa shape index (κ2) is 7.79. The summed E-state index contributed by atoms with van der Waals surface area (Å²) in [5.74, 6) is -0.733. The molecule has 0 radical (unpaired) electrons. The molecule has 0 amide bonds. The topological polar surface area (TPSA) is 131 Å². The van der Waals surface area contributed by atoms with Gasteiger partial charge in [-0.15, -0.1) is 0 Å². The van der Waals surface area contributed by atoms with Crippen LogP contribution in [0.25, 0.3) is 0 Å². The molecule has 0 spiro atoms. The van der Waals surface area contributed by atoms with Gasteiger partial charge in [0.25, 0.3) is 0 Å². The third-order valence-electron chi connectivity index (χ3n) is 4.06. The van der Waals surface area contributed by atoms with Gasteiger partial charge in [0.15, 0.2) is 9.84 Å². The van der Waals surface area contributed by atoms with E-state index in [0.29, 0.717) is 6.54 Å². The second-order valence-electron chi connectivity index (χ2n) is 6.09. The highest BCUT2D eigenvalue weighted by Crippen LogP contribution is 2.29. The normalized spacial score (nSPS) is 11.6. The molecule has 0 atom stereocenters. The maximum Gasteiger partial charge on any atom is 0.363 e. The van der Waals surface area contributed by atoms with Crippen LogP contribution >= 0.6 is 11.6 Å². The van der Waals surface area contributed by atoms with Crippen molar-refractivity contribution in [2.75, 3.05) is 6.26 Å². The van der Waals surface area contributed by atoms with Crippen molar-refractivity contribution in [3.63, 3.8) is 0 Å². The van der Waals surface area contributed by atoms with E-state index in [1.165, 1.54) is 36.1 Å². The first-order valence-electron chi connectivity index (χ1n) is 8.35. The fraction of sp³-hybridized carbons (Fsp3) is 0.312. The first-order chi connectivity index (χ1) is 13.6. The van der Waals surface area contributed by atoms with Gasteiger partial charge >= 0.3 is 11.7 Å². The zero-order valence-electron chi connectivity index (χ0n) is 15.7. The number of carbonyl (C=O) groups excluding carboxylic acids is 1. The van der Waals surface area contributed by atoms with Crippen molar-refractivity contribution in [2.45, 2.75) is 24.9 Å². The zero-order chi connectivity index (χ0) is 21.3. The summed E-state index contributed by atoms with van der Waals surface area (Å²) in [5.41, 5.74) is -0.747. The van der Waals surface area contributed by atoms with E-state index >= 15 is 0 Å². The molecule has 0 saturated heterocycles. The number of aryl methyl sites for hydroxylation is 2. The average Bonchev–Trinajstić information content (AvgIpc) is 3.23. The van der Waals surface area contributed by atoms with Crippen LogP contribution in [0.15, 0.2) is 34.1 Å². The van der Waals surface area contributed by atoms with Crippen molar-refractivity contribution in [3.8, 4) is 5.88 Å². The van der Waals surface area contributed by atoms with Crippen molar-refractivity contribution in [1.29, 1.82) is 0 Å². The summed E-state index contributed by atoms with van der Waals surface area (Å²) in [4.78, 5) is 24.5. The van der Waals surface area contributed by atoms with Crippen molar-refractivity contribution in [2.24, 2.45) is 7.05 Å². The summed E-state index contributed by atoms with van der Waals surface area (Å²) in [6.45, 7) is 1.98. The Labute approximate surface area is 170 Å². The Kier molecular flexibility index (Phi) is 5.57. The van der Waals surface area contributed by atoms with Crippen LogP contribution in [0.3, 0.4) is 0 Å². The Morgan fingerprint density at radius 2 is 1.93 bits per heavy atom. The Hall–Kier alpha value is -2.99. The average molecular weight is 441 g/mol. The van der Waals surface area contributed by atoms with Crippen molar-refractivity contribution >= 4 is 27.4 Å². The molecule has 29 heavy (non-hydrogen) atoms. The predicted molar refractivity (Wildman–Crippen MR) is 102 cm³/mol. The van der Waals surface area contributed by atoms with E-state index in [1.807, 2.05) is 6.92 Å². The number of rotatable bonds is 6. The van der Waals surface area contributed by atoms with Crippen LogP contribution in [-0.2, 0) is 30.0 Å². The molecular weight excluding hydrogens is 424 g/mol. The molecule has 154 valence electrons. The fourth-order valence-electron chi connectivity index (χ4n) is 2.73. The number of hydrogen-bond donors (Lipinski definition) is 0. The number of nitrogens with zero attached hydrogens (tertiary/aromatic N) is 6. The van der Waals surface area contributed by atoms with Crippen LogP contribution in [0.5, 0.6) is 5.88 Å². The summed E-state index contributed by atoms with van der Waals surface area (Å²) < 4.78 is 33.7. The Bertz CT molecular complexity index is 1240. The van der Waals surface area contributed by atoms with Crippen molar-refractivity contribution < 1.29 is 17.9 Å². The van der Waals surface area contributed by atoms with Crippen molar-refractivity contribution in [1.82, 2.24) is 29.6 Å². The zero-order valence-corrected chi connectivity index (χ0v) is 17.3. The van der Waals surface area contributed by atoms with Crippen LogP contribution in [0.1, 0.15) is 22.8 Å². The lowest BCUT2D eigenvalue weighted by atomic mass is 10.1. The highest BCUT2D eigenvalue weighted by Gasteiger charge is 2.27. The van der Waals surface area contributed by atoms with Crippen LogP contribution in [0.2, 0.25) is 5.02 Å². The molecule has 0 fully saturated rings.